The van der Waals surface area contributed by atoms with E-state index in [4.69, 9.17) is 4.43 Å². The van der Waals surface area contributed by atoms with Crippen LogP contribution in [0.15, 0.2) is 36.8 Å². The second-order valence-electron chi connectivity index (χ2n) is 1.77. The standard InChI is InChI=1S/C7H12OSi/c1-4-9-8-6-5-7(2)3/h4-6H,1-2,9H2,3H3. The van der Waals surface area contributed by atoms with E-state index < -0.39 is 9.76 Å². The van der Waals surface area contributed by atoms with Gasteiger partial charge in [-0.3, -0.25) is 0 Å². The van der Waals surface area contributed by atoms with Gasteiger partial charge in [-0.05, 0) is 13.0 Å². The predicted molar refractivity (Wildman–Crippen MR) is 43.8 cm³/mol. The molecule has 2 heteroatoms. The van der Waals surface area contributed by atoms with Crippen LogP contribution >= 0.6 is 0 Å². The molecule has 0 N–H and O–H groups in total. The van der Waals surface area contributed by atoms with E-state index >= 15 is 0 Å². The van der Waals surface area contributed by atoms with Crippen LogP contribution in [0.5, 0.6) is 0 Å². The summed E-state index contributed by atoms with van der Waals surface area (Å²) < 4.78 is 5.07. The molecule has 0 aliphatic rings. The zero-order valence-electron chi connectivity index (χ0n) is 5.76. The summed E-state index contributed by atoms with van der Waals surface area (Å²) in [6, 6.07) is 0. The molecule has 0 saturated heterocycles. The Kier molecular flexibility index (Phi) is 4.92. The first-order chi connectivity index (χ1) is 4.27. The Balaban J connectivity index is 3.24. The van der Waals surface area contributed by atoms with Gasteiger partial charge in [-0.1, -0.05) is 17.9 Å². The van der Waals surface area contributed by atoms with Gasteiger partial charge in [0, 0.05) is 0 Å². The van der Waals surface area contributed by atoms with Gasteiger partial charge in [0.15, 0.2) is 0 Å². The summed E-state index contributed by atoms with van der Waals surface area (Å²) >= 11 is 0. The Hall–Kier alpha value is -0.763. The molecule has 0 rings (SSSR count). The van der Waals surface area contributed by atoms with Crippen molar-refractivity contribution in [1.29, 1.82) is 0 Å². The fourth-order valence-corrected chi connectivity index (χ4v) is 0.631. The van der Waals surface area contributed by atoms with Gasteiger partial charge in [0.2, 0.25) is 9.76 Å². The van der Waals surface area contributed by atoms with Crippen LogP contribution in [-0.4, -0.2) is 9.76 Å². The molecule has 1 nitrogen and oxygen atoms in total. The lowest BCUT2D eigenvalue weighted by Crippen LogP contribution is -1.84. The van der Waals surface area contributed by atoms with Crippen LogP contribution in [0.2, 0.25) is 0 Å². The van der Waals surface area contributed by atoms with E-state index in [0.29, 0.717) is 0 Å². The maximum atomic E-state index is 5.07. The summed E-state index contributed by atoms with van der Waals surface area (Å²) in [5.74, 6) is 0. The summed E-state index contributed by atoms with van der Waals surface area (Å²) in [6.07, 6.45) is 3.52. The molecule has 0 aliphatic heterocycles. The topological polar surface area (TPSA) is 9.23 Å². The summed E-state index contributed by atoms with van der Waals surface area (Å²) in [7, 11) is -0.485. The number of hydrogen-bond acceptors (Lipinski definition) is 1. The monoisotopic (exact) mass is 140 g/mol. The van der Waals surface area contributed by atoms with E-state index in [-0.39, 0.29) is 0 Å². The first-order valence-electron chi connectivity index (χ1n) is 2.82. The Morgan fingerprint density at radius 1 is 1.67 bits per heavy atom. The average molecular weight is 140 g/mol. The van der Waals surface area contributed by atoms with Crippen LogP contribution in [0, 0.1) is 0 Å². The van der Waals surface area contributed by atoms with Crippen molar-refractivity contribution in [2.24, 2.45) is 0 Å². The van der Waals surface area contributed by atoms with Crippen LogP contribution in [0.1, 0.15) is 6.92 Å². The summed E-state index contributed by atoms with van der Waals surface area (Å²) in [5, 5.41) is 0. The van der Waals surface area contributed by atoms with Crippen LogP contribution < -0.4 is 0 Å². The van der Waals surface area contributed by atoms with Crippen molar-refractivity contribution in [2.75, 3.05) is 0 Å². The molecule has 0 radical (unpaired) electrons. The van der Waals surface area contributed by atoms with E-state index in [0.717, 1.165) is 5.57 Å². The first kappa shape index (κ1) is 8.24. The highest BCUT2D eigenvalue weighted by molar-refractivity contribution is 6.34. The highest BCUT2D eigenvalue weighted by Crippen LogP contribution is 1.87. The lowest BCUT2D eigenvalue weighted by atomic mass is 10.4. The largest absolute Gasteiger partial charge is 0.551 e. The number of hydrogen-bond donors (Lipinski definition) is 0. The molecular weight excluding hydrogens is 128 g/mol. The highest BCUT2D eigenvalue weighted by Gasteiger charge is 1.73. The minimum atomic E-state index is -0.485. The third-order valence-electron chi connectivity index (χ3n) is 0.663. The quantitative estimate of drug-likeness (QED) is 0.248. The average Bonchev–Trinajstić information content (AvgIpc) is 1.80. The molecule has 0 aromatic rings. The van der Waals surface area contributed by atoms with Crippen LogP contribution in [0.3, 0.4) is 0 Å². The smallest absolute Gasteiger partial charge is 0.242 e. The Morgan fingerprint density at radius 3 is 2.78 bits per heavy atom. The van der Waals surface area contributed by atoms with Gasteiger partial charge in [-0.25, -0.2) is 0 Å². The lowest BCUT2D eigenvalue weighted by molar-refractivity contribution is 0.523. The molecule has 0 unspecified atom stereocenters. The van der Waals surface area contributed by atoms with E-state index in [2.05, 4.69) is 13.2 Å². The first-order valence-corrected chi connectivity index (χ1v) is 4.21. The molecule has 0 aromatic heterocycles. The molecule has 0 spiro atoms. The third kappa shape index (κ3) is 7.24. The summed E-state index contributed by atoms with van der Waals surface area (Å²) in [6.45, 7) is 9.16. The molecule has 0 fully saturated rings. The molecule has 0 heterocycles. The van der Waals surface area contributed by atoms with Gasteiger partial charge < -0.3 is 4.43 Å². The van der Waals surface area contributed by atoms with E-state index in [9.17, 15) is 0 Å². The molecule has 0 aliphatic carbocycles. The van der Waals surface area contributed by atoms with Crippen molar-refractivity contribution in [3.05, 3.63) is 36.8 Å². The molecule has 0 aromatic carbocycles. The highest BCUT2D eigenvalue weighted by atomic mass is 28.2. The molecule has 9 heavy (non-hydrogen) atoms. The third-order valence-corrected chi connectivity index (χ3v) is 1.28. The summed E-state index contributed by atoms with van der Waals surface area (Å²) in [5.41, 5.74) is 2.84. The molecule has 0 saturated carbocycles. The van der Waals surface area contributed by atoms with Crippen molar-refractivity contribution >= 4 is 9.76 Å². The fourth-order valence-electron chi connectivity index (χ4n) is 0.288. The molecule has 0 bridgehead atoms. The van der Waals surface area contributed by atoms with Gasteiger partial charge in [-0.15, -0.1) is 6.58 Å². The van der Waals surface area contributed by atoms with Gasteiger partial charge in [0.1, 0.15) is 0 Å². The minimum Gasteiger partial charge on any atom is -0.551 e. The predicted octanol–water partition coefficient (Wildman–Crippen LogP) is 1.32. The zero-order chi connectivity index (χ0) is 7.11. The van der Waals surface area contributed by atoms with Crippen molar-refractivity contribution in [2.45, 2.75) is 6.92 Å². The molecular formula is C7H12OSi. The van der Waals surface area contributed by atoms with Crippen molar-refractivity contribution in [1.82, 2.24) is 0 Å². The van der Waals surface area contributed by atoms with Gasteiger partial charge in [0.05, 0.1) is 6.26 Å². The second-order valence-corrected chi connectivity index (χ2v) is 3.02. The van der Waals surface area contributed by atoms with E-state index in [1.807, 2.05) is 18.7 Å². The van der Waals surface area contributed by atoms with Gasteiger partial charge >= 0.3 is 0 Å². The normalized spacial score (nSPS) is 10.8. The van der Waals surface area contributed by atoms with Crippen molar-refractivity contribution in [3.63, 3.8) is 0 Å². The maximum absolute atomic E-state index is 5.07. The minimum absolute atomic E-state index is 0.485. The lowest BCUT2D eigenvalue weighted by Gasteiger charge is -1.91. The SMILES string of the molecule is C=C[SiH2]OC=CC(=C)C. The fraction of sp³-hybridized carbons (Fsp3) is 0.143. The molecule has 0 amide bonds. The molecule has 0 atom stereocenters. The van der Waals surface area contributed by atoms with Crippen LogP contribution in [0.4, 0.5) is 0 Å². The maximum Gasteiger partial charge on any atom is 0.242 e. The summed E-state index contributed by atoms with van der Waals surface area (Å²) in [4.78, 5) is 0. The molecule has 50 valence electrons. The number of allylic oxidation sites excluding steroid dienone is 2. The van der Waals surface area contributed by atoms with Crippen molar-refractivity contribution < 1.29 is 4.43 Å². The van der Waals surface area contributed by atoms with Gasteiger partial charge in [0.25, 0.3) is 0 Å². The number of rotatable bonds is 4. The second kappa shape index (κ2) is 5.38. The van der Waals surface area contributed by atoms with Crippen molar-refractivity contribution in [3.8, 4) is 0 Å². The van der Waals surface area contributed by atoms with E-state index in [1.54, 1.807) is 6.26 Å². The Morgan fingerprint density at radius 2 is 2.33 bits per heavy atom. The van der Waals surface area contributed by atoms with E-state index in [1.165, 1.54) is 0 Å². The van der Waals surface area contributed by atoms with Crippen LogP contribution in [0.25, 0.3) is 0 Å². The Labute approximate surface area is 58.7 Å². The van der Waals surface area contributed by atoms with Gasteiger partial charge in [-0.2, -0.15) is 0 Å². The Bertz CT molecular complexity index is 127. The zero-order valence-corrected chi connectivity index (χ0v) is 7.18. The van der Waals surface area contributed by atoms with Crippen LogP contribution in [-0.2, 0) is 4.43 Å².